The van der Waals surface area contributed by atoms with Crippen LogP contribution in [0.25, 0.3) is 0 Å². The van der Waals surface area contributed by atoms with Gasteiger partial charge in [-0.25, -0.2) is 0 Å². The minimum absolute atomic E-state index is 0.779. The van der Waals surface area contributed by atoms with E-state index in [0.29, 0.717) is 0 Å². The van der Waals surface area contributed by atoms with Crippen molar-refractivity contribution in [2.45, 2.75) is 52.1 Å². The highest BCUT2D eigenvalue weighted by atomic mass is 16.5. The second kappa shape index (κ2) is 7.48. The van der Waals surface area contributed by atoms with Crippen LogP contribution in [-0.4, -0.2) is 34.5 Å². The number of hydrogen-bond donors (Lipinski definition) is 1. The Morgan fingerprint density at radius 1 is 1.28 bits per heavy atom. The summed E-state index contributed by atoms with van der Waals surface area (Å²) in [6, 6.07) is 0. The molecule has 0 fully saturated rings. The number of rotatable bonds is 8. The molecule has 0 saturated carbocycles. The van der Waals surface area contributed by atoms with Crippen molar-refractivity contribution in [2.24, 2.45) is 0 Å². The molecule has 0 amide bonds. The molecule has 0 bridgehead atoms. The summed E-state index contributed by atoms with van der Waals surface area (Å²) in [4.78, 5) is 0. The van der Waals surface area contributed by atoms with Crippen molar-refractivity contribution < 1.29 is 4.74 Å². The average molecular weight is 252 g/mol. The van der Waals surface area contributed by atoms with Crippen molar-refractivity contribution in [2.75, 3.05) is 19.8 Å². The lowest BCUT2D eigenvalue weighted by atomic mass is 10.2. The second-order valence-corrected chi connectivity index (χ2v) is 4.78. The number of ether oxygens (including phenoxy) is 1. The Kier molecular flexibility index (Phi) is 5.61. The van der Waals surface area contributed by atoms with Crippen molar-refractivity contribution in [1.82, 2.24) is 20.1 Å². The molecular weight excluding hydrogens is 228 g/mol. The quantitative estimate of drug-likeness (QED) is 0.713. The summed E-state index contributed by atoms with van der Waals surface area (Å²) in [6.07, 6.45) is 5.92. The van der Waals surface area contributed by atoms with Gasteiger partial charge in [0.05, 0.1) is 13.2 Å². The predicted molar refractivity (Wildman–Crippen MR) is 70.4 cm³/mol. The maximum absolute atomic E-state index is 5.50. The first-order chi connectivity index (χ1) is 8.92. The number of aromatic nitrogens is 3. The van der Waals surface area contributed by atoms with E-state index in [4.69, 9.17) is 4.74 Å². The lowest BCUT2D eigenvalue weighted by molar-refractivity contribution is 0.132. The molecule has 0 aliphatic carbocycles. The summed E-state index contributed by atoms with van der Waals surface area (Å²) in [7, 11) is 0. The van der Waals surface area contributed by atoms with Gasteiger partial charge in [0.1, 0.15) is 11.6 Å². The molecule has 0 aromatic carbocycles. The standard InChI is InChI=1S/C13H24N4O/c1-2-3-9-18-10-7-14-11-13-16-15-12-6-4-5-8-17(12)13/h14H,2-11H2,1H3. The van der Waals surface area contributed by atoms with Crippen molar-refractivity contribution in [3.05, 3.63) is 11.6 Å². The van der Waals surface area contributed by atoms with Gasteiger partial charge in [-0.3, -0.25) is 0 Å². The molecule has 0 unspecified atom stereocenters. The molecule has 18 heavy (non-hydrogen) atoms. The van der Waals surface area contributed by atoms with E-state index in [1.54, 1.807) is 0 Å². The zero-order valence-electron chi connectivity index (χ0n) is 11.3. The predicted octanol–water partition coefficient (Wildman–Crippen LogP) is 1.52. The normalized spacial score (nSPS) is 14.7. The third kappa shape index (κ3) is 3.78. The van der Waals surface area contributed by atoms with Crippen LogP contribution in [0.4, 0.5) is 0 Å². The van der Waals surface area contributed by atoms with Crippen molar-refractivity contribution >= 4 is 0 Å². The Morgan fingerprint density at radius 3 is 3.11 bits per heavy atom. The highest BCUT2D eigenvalue weighted by molar-refractivity contribution is 4.98. The van der Waals surface area contributed by atoms with Gasteiger partial charge in [-0.05, 0) is 19.3 Å². The van der Waals surface area contributed by atoms with Gasteiger partial charge in [-0.2, -0.15) is 0 Å². The first-order valence-electron chi connectivity index (χ1n) is 7.11. The largest absolute Gasteiger partial charge is 0.380 e. The number of unbranched alkanes of at least 4 members (excludes halogenated alkanes) is 1. The Labute approximate surface area is 109 Å². The average Bonchev–Trinajstić information content (AvgIpc) is 2.81. The maximum Gasteiger partial charge on any atom is 0.147 e. The molecule has 1 aromatic heterocycles. The molecule has 0 radical (unpaired) electrons. The molecule has 1 aromatic rings. The van der Waals surface area contributed by atoms with Gasteiger partial charge >= 0.3 is 0 Å². The lowest BCUT2D eigenvalue weighted by Crippen LogP contribution is -2.23. The molecule has 0 spiro atoms. The zero-order valence-corrected chi connectivity index (χ0v) is 11.3. The molecular formula is C13H24N4O. The molecule has 5 nitrogen and oxygen atoms in total. The van der Waals surface area contributed by atoms with Gasteiger partial charge < -0.3 is 14.6 Å². The van der Waals surface area contributed by atoms with E-state index in [0.717, 1.165) is 57.3 Å². The molecule has 0 saturated heterocycles. The summed E-state index contributed by atoms with van der Waals surface area (Å²) in [5.41, 5.74) is 0. The van der Waals surface area contributed by atoms with Gasteiger partial charge in [0.15, 0.2) is 0 Å². The van der Waals surface area contributed by atoms with Crippen molar-refractivity contribution in [1.29, 1.82) is 0 Å². The number of aryl methyl sites for hydroxylation is 1. The van der Waals surface area contributed by atoms with Crippen molar-refractivity contribution in [3.63, 3.8) is 0 Å². The Bertz CT molecular complexity index is 351. The van der Waals surface area contributed by atoms with E-state index in [-0.39, 0.29) is 0 Å². The van der Waals surface area contributed by atoms with Crippen LogP contribution in [0.5, 0.6) is 0 Å². The fourth-order valence-corrected chi connectivity index (χ4v) is 2.19. The zero-order chi connectivity index (χ0) is 12.6. The first-order valence-corrected chi connectivity index (χ1v) is 7.11. The van der Waals surface area contributed by atoms with Crippen LogP contribution in [0.15, 0.2) is 0 Å². The van der Waals surface area contributed by atoms with Crippen LogP contribution in [0.3, 0.4) is 0 Å². The van der Waals surface area contributed by atoms with E-state index >= 15 is 0 Å². The van der Waals surface area contributed by atoms with Crippen LogP contribution in [0.1, 0.15) is 44.3 Å². The number of hydrogen-bond acceptors (Lipinski definition) is 4. The molecule has 1 aliphatic heterocycles. The van der Waals surface area contributed by atoms with Gasteiger partial charge in [-0.15, -0.1) is 10.2 Å². The van der Waals surface area contributed by atoms with Gasteiger partial charge in [0, 0.05) is 26.1 Å². The smallest absolute Gasteiger partial charge is 0.147 e. The maximum atomic E-state index is 5.50. The monoisotopic (exact) mass is 252 g/mol. The molecule has 1 N–H and O–H groups in total. The Balaban J connectivity index is 1.63. The minimum Gasteiger partial charge on any atom is -0.380 e. The fourth-order valence-electron chi connectivity index (χ4n) is 2.19. The summed E-state index contributed by atoms with van der Waals surface area (Å²) < 4.78 is 7.76. The van der Waals surface area contributed by atoms with Gasteiger partial charge in [0.25, 0.3) is 0 Å². The molecule has 5 heteroatoms. The van der Waals surface area contributed by atoms with E-state index in [9.17, 15) is 0 Å². The van der Waals surface area contributed by atoms with Crippen LogP contribution < -0.4 is 5.32 Å². The van der Waals surface area contributed by atoms with E-state index in [1.165, 1.54) is 19.3 Å². The van der Waals surface area contributed by atoms with E-state index < -0.39 is 0 Å². The molecule has 102 valence electrons. The summed E-state index contributed by atoms with van der Waals surface area (Å²) in [5.74, 6) is 2.22. The molecule has 2 rings (SSSR count). The molecule has 2 heterocycles. The van der Waals surface area contributed by atoms with Gasteiger partial charge in [-0.1, -0.05) is 13.3 Å². The third-order valence-corrected chi connectivity index (χ3v) is 3.28. The lowest BCUT2D eigenvalue weighted by Gasteiger charge is -2.14. The highest BCUT2D eigenvalue weighted by Crippen LogP contribution is 2.13. The number of nitrogens with one attached hydrogen (secondary N) is 1. The molecule has 0 atom stereocenters. The second-order valence-electron chi connectivity index (χ2n) is 4.78. The SMILES string of the molecule is CCCCOCCNCc1nnc2n1CCCC2. The summed E-state index contributed by atoms with van der Waals surface area (Å²) in [6.45, 7) is 6.58. The number of nitrogens with zero attached hydrogens (tertiary/aromatic N) is 3. The number of fused-ring (bicyclic) bond motifs is 1. The first kappa shape index (κ1) is 13.5. The van der Waals surface area contributed by atoms with Crippen LogP contribution >= 0.6 is 0 Å². The van der Waals surface area contributed by atoms with Crippen LogP contribution in [0, 0.1) is 0 Å². The van der Waals surface area contributed by atoms with E-state index in [1.807, 2.05) is 0 Å². The summed E-state index contributed by atoms with van der Waals surface area (Å²) >= 11 is 0. The highest BCUT2D eigenvalue weighted by Gasteiger charge is 2.14. The molecule has 1 aliphatic rings. The third-order valence-electron chi connectivity index (χ3n) is 3.28. The Morgan fingerprint density at radius 2 is 2.22 bits per heavy atom. The van der Waals surface area contributed by atoms with E-state index in [2.05, 4.69) is 27.0 Å². The van der Waals surface area contributed by atoms with Crippen molar-refractivity contribution in [3.8, 4) is 0 Å². The topological polar surface area (TPSA) is 52.0 Å². The van der Waals surface area contributed by atoms with Crippen LogP contribution in [0.2, 0.25) is 0 Å². The Hall–Kier alpha value is -0.940. The summed E-state index contributed by atoms with van der Waals surface area (Å²) in [5, 5.41) is 11.9. The minimum atomic E-state index is 0.779. The fraction of sp³-hybridized carbons (Fsp3) is 0.846. The van der Waals surface area contributed by atoms with Crippen LogP contribution in [-0.2, 0) is 24.2 Å². The van der Waals surface area contributed by atoms with Gasteiger partial charge in [0.2, 0.25) is 0 Å².